The van der Waals surface area contributed by atoms with E-state index in [0.29, 0.717) is 0 Å². The van der Waals surface area contributed by atoms with Gasteiger partial charge in [0.05, 0.1) is 6.10 Å². The lowest BCUT2D eigenvalue weighted by atomic mass is 9.84. The molecule has 0 radical (unpaired) electrons. The fourth-order valence-electron chi connectivity index (χ4n) is 1.63. The summed E-state index contributed by atoms with van der Waals surface area (Å²) in [5.41, 5.74) is 0.250. The van der Waals surface area contributed by atoms with Gasteiger partial charge in [0.15, 0.2) is 0 Å². The second kappa shape index (κ2) is 2.30. The van der Waals surface area contributed by atoms with Gasteiger partial charge in [0.1, 0.15) is 0 Å². The first-order valence-electron chi connectivity index (χ1n) is 3.87. The van der Waals surface area contributed by atoms with Crippen molar-refractivity contribution in [1.82, 2.24) is 0 Å². The zero-order valence-electron chi connectivity index (χ0n) is 6.35. The predicted molar refractivity (Wildman–Crippen MR) is 38.3 cm³/mol. The molecular weight excluding hydrogens is 112 g/mol. The molecule has 0 aromatic heterocycles. The molecule has 0 amide bonds. The van der Waals surface area contributed by atoms with Crippen LogP contribution in [0.3, 0.4) is 0 Å². The van der Waals surface area contributed by atoms with Gasteiger partial charge in [-0.2, -0.15) is 0 Å². The van der Waals surface area contributed by atoms with Gasteiger partial charge in [-0.3, -0.25) is 0 Å². The number of hydrogen-bond acceptors (Lipinski definition) is 1. The topological polar surface area (TPSA) is 20.2 Å². The van der Waals surface area contributed by atoms with Crippen molar-refractivity contribution < 1.29 is 5.11 Å². The van der Waals surface area contributed by atoms with Gasteiger partial charge in [-0.15, -0.1) is 0 Å². The molecule has 1 aliphatic carbocycles. The number of hydrogen-bond donors (Lipinski definition) is 1. The van der Waals surface area contributed by atoms with Crippen LogP contribution in [0, 0.1) is 5.41 Å². The molecule has 0 spiro atoms. The summed E-state index contributed by atoms with van der Waals surface area (Å²) >= 11 is 0. The van der Waals surface area contributed by atoms with E-state index in [0.717, 1.165) is 12.8 Å². The zero-order valence-corrected chi connectivity index (χ0v) is 6.35. The first kappa shape index (κ1) is 7.07. The van der Waals surface area contributed by atoms with Crippen LogP contribution in [0.1, 0.15) is 39.5 Å². The molecule has 1 fully saturated rings. The van der Waals surface area contributed by atoms with Crippen LogP contribution in [0.25, 0.3) is 0 Å². The Morgan fingerprint density at radius 2 is 2.33 bits per heavy atom. The van der Waals surface area contributed by atoms with Crippen molar-refractivity contribution >= 4 is 0 Å². The van der Waals surface area contributed by atoms with Gasteiger partial charge in [-0.1, -0.05) is 20.3 Å². The fraction of sp³-hybridized carbons (Fsp3) is 1.00. The van der Waals surface area contributed by atoms with E-state index in [2.05, 4.69) is 13.8 Å². The normalized spacial score (nSPS) is 43.7. The maximum absolute atomic E-state index is 9.45. The Hall–Kier alpha value is -0.0400. The molecule has 1 aliphatic rings. The van der Waals surface area contributed by atoms with E-state index < -0.39 is 0 Å². The minimum Gasteiger partial charge on any atom is -0.393 e. The number of rotatable bonds is 1. The van der Waals surface area contributed by atoms with Gasteiger partial charge in [0.25, 0.3) is 0 Å². The summed E-state index contributed by atoms with van der Waals surface area (Å²) in [6, 6.07) is 0. The van der Waals surface area contributed by atoms with Crippen LogP contribution in [0.2, 0.25) is 0 Å². The second-order valence-electron chi connectivity index (χ2n) is 3.42. The van der Waals surface area contributed by atoms with Gasteiger partial charge in [0, 0.05) is 0 Å². The van der Waals surface area contributed by atoms with Crippen molar-refractivity contribution in [2.75, 3.05) is 0 Å². The average molecular weight is 128 g/mol. The maximum atomic E-state index is 9.45. The molecule has 0 saturated heterocycles. The van der Waals surface area contributed by atoms with E-state index in [1.165, 1.54) is 12.8 Å². The highest BCUT2D eigenvalue weighted by molar-refractivity contribution is 4.86. The van der Waals surface area contributed by atoms with Crippen molar-refractivity contribution in [2.24, 2.45) is 5.41 Å². The van der Waals surface area contributed by atoms with E-state index in [4.69, 9.17) is 0 Å². The first-order valence-corrected chi connectivity index (χ1v) is 3.87. The van der Waals surface area contributed by atoms with Crippen molar-refractivity contribution in [2.45, 2.75) is 45.6 Å². The standard InChI is InChI=1S/C8H16O/c1-3-8(2)6-4-5-7(8)9/h7,9H,3-6H2,1-2H3/t7-,8?/m1/s1. The summed E-state index contributed by atoms with van der Waals surface area (Å²) in [6.45, 7) is 4.35. The monoisotopic (exact) mass is 128 g/mol. The van der Waals surface area contributed by atoms with Crippen LogP contribution in [0.4, 0.5) is 0 Å². The highest BCUT2D eigenvalue weighted by Gasteiger charge is 2.35. The summed E-state index contributed by atoms with van der Waals surface area (Å²) in [4.78, 5) is 0. The number of aliphatic hydroxyl groups is 1. The Balaban J connectivity index is 2.56. The first-order chi connectivity index (χ1) is 4.19. The van der Waals surface area contributed by atoms with Crippen molar-refractivity contribution in [3.05, 3.63) is 0 Å². The molecule has 0 heterocycles. The quantitative estimate of drug-likeness (QED) is 0.572. The Kier molecular flexibility index (Phi) is 1.80. The molecule has 1 unspecified atom stereocenters. The lowest BCUT2D eigenvalue weighted by Gasteiger charge is -2.25. The van der Waals surface area contributed by atoms with Gasteiger partial charge >= 0.3 is 0 Å². The Labute approximate surface area is 57.1 Å². The Bertz CT molecular complexity index is 101. The molecule has 0 aliphatic heterocycles. The van der Waals surface area contributed by atoms with Gasteiger partial charge in [0.2, 0.25) is 0 Å². The van der Waals surface area contributed by atoms with Crippen LogP contribution < -0.4 is 0 Å². The van der Waals surface area contributed by atoms with E-state index in [1.54, 1.807) is 0 Å². The van der Waals surface area contributed by atoms with Crippen LogP contribution in [-0.4, -0.2) is 11.2 Å². The molecule has 1 rings (SSSR count). The molecule has 54 valence electrons. The molecule has 2 atom stereocenters. The van der Waals surface area contributed by atoms with E-state index in [-0.39, 0.29) is 11.5 Å². The van der Waals surface area contributed by atoms with Gasteiger partial charge < -0.3 is 5.11 Å². The smallest absolute Gasteiger partial charge is 0.0593 e. The molecule has 1 saturated carbocycles. The summed E-state index contributed by atoms with van der Waals surface area (Å²) in [5.74, 6) is 0. The Morgan fingerprint density at radius 3 is 2.56 bits per heavy atom. The lowest BCUT2D eigenvalue weighted by molar-refractivity contribution is 0.0634. The van der Waals surface area contributed by atoms with Gasteiger partial charge in [-0.25, -0.2) is 0 Å². The molecule has 0 aromatic rings. The molecule has 1 nitrogen and oxygen atoms in total. The third kappa shape index (κ3) is 1.11. The summed E-state index contributed by atoms with van der Waals surface area (Å²) in [7, 11) is 0. The molecule has 0 bridgehead atoms. The molecule has 0 aromatic carbocycles. The molecule has 1 heteroatoms. The van der Waals surface area contributed by atoms with Crippen LogP contribution in [0.15, 0.2) is 0 Å². The summed E-state index contributed by atoms with van der Waals surface area (Å²) < 4.78 is 0. The second-order valence-corrected chi connectivity index (χ2v) is 3.42. The average Bonchev–Trinajstić information content (AvgIpc) is 2.15. The van der Waals surface area contributed by atoms with Crippen molar-refractivity contribution in [1.29, 1.82) is 0 Å². The highest BCUT2D eigenvalue weighted by atomic mass is 16.3. The van der Waals surface area contributed by atoms with E-state index >= 15 is 0 Å². The minimum atomic E-state index is -0.0255. The van der Waals surface area contributed by atoms with E-state index in [9.17, 15) is 5.11 Å². The zero-order chi connectivity index (χ0) is 6.91. The molecule has 1 N–H and O–H groups in total. The number of aliphatic hydroxyl groups excluding tert-OH is 1. The van der Waals surface area contributed by atoms with Crippen LogP contribution in [-0.2, 0) is 0 Å². The fourth-order valence-corrected chi connectivity index (χ4v) is 1.63. The minimum absolute atomic E-state index is 0.0255. The lowest BCUT2D eigenvalue weighted by Crippen LogP contribution is -2.24. The van der Waals surface area contributed by atoms with Crippen LogP contribution in [0.5, 0.6) is 0 Å². The van der Waals surface area contributed by atoms with Gasteiger partial charge in [-0.05, 0) is 24.7 Å². The predicted octanol–water partition coefficient (Wildman–Crippen LogP) is 1.95. The highest BCUT2D eigenvalue weighted by Crippen LogP contribution is 2.40. The third-order valence-electron chi connectivity index (χ3n) is 2.84. The molecular formula is C8H16O. The SMILES string of the molecule is CCC1(C)CCC[C@H]1O. The maximum Gasteiger partial charge on any atom is 0.0593 e. The van der Waals surface area contributed by atoms with Crippen LogP contribution >= 0.6 is 0 Å². The summed E-state index contributed by atoms with van der Waals surface area (Å²) in [6.07, 6.45) is 4.54. The Morgan fingerprint density at radius 1 is 1.67 bits per heavy atom. The third-order valence-corrected chi connectivity index (χ3v) is 2.84. The molecule has 9 heavy (non-hydrogen) atoms. The van der Waals surface area contributed by atoms with Crippen molar-refractivity contribution in [3.8, 4) is 0 Å². The van der Waals surface area contributed by atoms with E-state index in [1.807, 2.05) is 0 Å². The summed E-state index contributed by atoms with van der Waals surface area (Å²) in [5, 5.41) is 9.45. The van der Waals surface area contributed by atoms with Crippen molar-refractivity contribution in [3.63, 3.8) is 0 Å². The largest absolute Gasteiger partial charge is 0.393 e.